The smallest absolute Gasteiger partial charge is 0.258 e. The van der Waals surface area contributed by atoms with Gasteiger partial charge in [0.05, 0.1) is 16.3 Å². The van der Waals surface area contributed by atoms with E-state index in [1.165, 1.54) is 12.1 Å². The third-order valence-corrected chi connectivity index (χ3v) is 4.55. The molecule has 3 aromatic carbocycles. The van der Waals surface area contributed by atoms with Gasteiger partial charge in [-0.2, -0.15) is 5.10 Å². The van der Waals surface area contributed by atoms with Gasteiger partial charge in [0.25, 0.3) is 5.69 Å². The molecule has 0 amide bonds. The summed E-state index contributed by atoms with van der Waals surface area (Å²) in [6.07, 6.45) is 3.61. The molecule has 0 aliphatic heterocycles. The van der Waals surface area contributed by atoms with Crippen LogP contribution in [0, 0.1) is 10.1 Å². The number of benzene rings is 3. The van der Waals surface area contributed by atoms with Crippen molar-refractivity contribution in [2.75, 3.05) is 0 Å². The van der Waals surface area contributed by atoms with Crippen molar-refractivity contribution in [1.29, 1.82) is 0 Å². The van der Waals surface area contributed by atoms with Gasteiger partial charge >= 0.3 is 0 Å². The van der Waals surface area contributed by atoms with E-state index in [9.17, 15) is 10.1 Å². The van der Waals surface area contributed by atoms with Crippen LogP contribution in [-0.4, -0.2) is 20.9 Å². The maximum absolute atomic E-state index is 10.9. The normalized spacial score (nSPS) is 11.1. The second-order valence-electron chi connectivity index (χ2n) is 6.25. The number of hydrogen-bond donors (Lipinski definition) is 0. The molecule has 4 rings (SSSR count). The van der Waals surface area contributed by atoms with E-state index in [1.807, 2.05) is 48.7 Å². The quantitative estimate of drug-likeness (QED) is 0.238. The van der Waals surface area contributed by atoms with Gasteiger partial charge in [-0.25, -0.2) is 4.68 Å². The van der Waals surface area contributed by atoms with Gasteiger partial charge in [-0.15, -0.1) is 0 Å². The number of para-hydroxylation sites is 1. The summed E-state index contributed by atoms with van der Waals surface area (Å²) < 4.78 is 1.76. The van der Waals surface area contributed by atoms with Crippen LogP contribution in [0.15, 0.2) is 90.1 Å². The summed E-state index contributed by atoms with van der Waals surface area (Å²) in [6.45, 7) is 0. The van der Waals surface area contributed by atoms with Gasteiger partial charge < -0.3 is 0 Å². The van der Waals surface area contributed by atoms with Gasteiger partial charge in [-0.3, -0.25) is 15.1 Å². The highest BCUT2D eigenvalue weighted by Gasteiger charge is 2.13. The zero-order valence-electron chi connectivity index (χ0n) is 15.1. The Morgan fingerprint density at radius 3 is 2.31 bits per heavy atom. The fraction of sp³-hybridized carbons (Fsp3) is 0. The molecule has 0 radical (unpaired) electrons. The van der Waals surface area contributed by atoms with Crippen LogP contribution in [0.25, 0.3) is 16.9 Å². The molecule has 0 bridgehead atoms. The van der Waals surface area contributed by atoms with Crippen molar-refractivity contribution in [2.45, 2.75) is 0 Å². The number of nitrogens with zero attached hydrogens (tertiary/aromatic N) is 4. The summed E-state index contributed by atoms with van der Waals surface area (Å²) in [6, 6.07) is 23.2. The highest BCUT2D eigenvalue weighted by molar-refractivity contribution is 6.30. The van der Waals surface area contributed by atoms with E-state index in [-0.39, 0.29) is 5.69 Å². The number of non-ortho nitro benzene ring substituents is 1. The first kappa shape index (κ1) is 18.6. The molecule has 0 saturated carbocycles. The lowest BCUT2D eigenvalue weighted by Crippen LogP contribution is -1.94. The molecule has 0 aliphatic carbocycles. The molecule has 0 N–H and O–H groups in total. The molecule has 4 aromatic rings. The van der Waals surface area contributed by atoms with Crippen molar-refractivity contribution >= 4 is 29.2 Å². The molecule has 6 nitrogen and oxygen atoms in total. The zero-order valence-corrected chi connectivity index (χ0v) is 15.9. The highest BCUT2D eigenvalue weighted by atomic mass is 35.5. The van der Waals surface area contributed by atoms with Crippen molar-refractivity contribution in [1.82, 2.24) is 9.78 Å². The summed E-state index contributed by atoms with van der Waals surface area (Å²) in [5, 5.41) is 16.3. The zero-order chi connectivity index (χ0) is 20.2. The van der Waals surface area contributed by atoms with Gasteiger partial charge in [0.1, 0.15) is 5.69 Å². The molecule has 0 spiro atoms. The molecule has 1 heterocycles. The minimum atomic E-state index is -0.421. The molecular formula is C22H15ClN4O2. The third-order valence-electron chi connectivity index (χ3n) is 4.29. The average molecular weight is 403 g/mol. The number of hydrogen-bond acceptors (Lipinski definition) is 4. The number of aromatic nitrogens is 2. The first-order valence-corrected chi connectivity index (χ1v) is 9.17. The van der Waals surface area contributed by atoms with E-state index in [4.69, 9.17) is 11.6 Å². The van der Waals surface area contributed by atoms with Crippen LogP contribution in [0.5, 0.6) is 0 Å². The minimum Gasteiger partial charge on any atom is -0.258 e. The topological polar surface area (TPSA) is 73.3 Å². The van der Waals surface area contributed by atoms with Crippen LogP contribution in [-0.2, 0) is 0 Å². The fourth-order valence-corrected chi connectivity index (χ4v) is 2.96. The summed E-state index contributed by atoms with van der Waals surface area (Å²) in [7, 11) is 0. The number of rotatable bonds is 5. The number of aliphatic imine (C=N–C) groups is 1. The van der Waals surface area contributed by atoms with Gasteiger partial charge in [-0.1, -0.05) is 29.8 Å². The van der Waals surface area contributed by atoms with Crippen molar-refractivity contribution in [2.24, 2.45) is 4.99 Å². The molecule has 29 heavy (non-hydrogen) atoms. The summed E-state index contributed by atoms with van der Waals surface area (Å²) in [4.78, 5) is 15.0. The molecule has 7 heteroatoms. The first-order chi connectivity index (χ1) is 14.1. The van der Waals surface area contributed by atoms with Crippen LogP contribution in [0.3, 0.4) is 0 Å². The standard InChI is InChI=1S/C22H15ClN4O2/c23-18-8-10-19(11-9-18)24-14-17-15-26(20-4-2-1-3-5-20)25-22(17)16-6-12-21(13-7-16)27(28)29/h1-15H. The Labute approximate surface area is 171 Å². The van der Waals surface area contributed by atoms with Crippen LogP contribution < -0.4 is 0 Å². The van der Waals surface area contributed by atoms with Crippen molar-refractivity contribution in [3.63, 3.8) is 0 Å². The van der Waals surface area contributed by atoms with E-state index in [1.54, 1.807) is 35.2 Å². The van der Waals surface area contributed by atoms with E-state index in [0.29, 0.717) is 10.7 Å². The van der Waals surface area contributed by atoms with Crippen LogP contribution in [0.2, 0.25) is 5.02 Å². The maximum Gasteiger partial charge on any atom is 0.269 e. The lowest BCUT2D eigenvalue weighted by molar-refractivity contribution is -0.384. The second kappa shape index (κ2) is 8.08. The molecule has 0 saturated heterocycles. The molecule has 0 aliphatic rings. The number of nitro benzene ring substituents is 1. The van der Waals surface area contributed by atoms with E-state index >= 15 is 0 Å². The van der Waals surface area contributed by atoms with Gasteiger partial charge in [0, 0.05) is 40.7 Å². The third kappa shape index (κ3) is 4.23. The van der Waals surface area contributed by atoms with Gasteiger partial charge in [0.15, 0.2) is 0 Å². The average Bonchev–Trinajstić information content (AvgIpc) is 3.18. The largest absolute Gasteiger partial charge is 0.269 e. The SMILES string of the molecule is O=[N+]([O-])c1ccc(-c2nn(-c3ccccc3)cc2C=Nc2ccc(Cl)cc2)cc1. The number of nitro groups is 1. The molecule has 1 aromatic heterocycles. The predicted octanol–water partition coefficient (Wildman–Crippen LogP) is 5.85. The molecule has 0 fully saturated rings. The number of halogens is 1. The van der Waals surface area contributed by atoms with Crippen LogP contribution in [0.4, 0.5) is 11.4 Å². The molecule has 0 unspecified atom stereocenters. The Bertz CT molecular complexity index is 1170. The Balaban J connectivity index is 1.76. The Hall–Kier alpha value is -3.77. The lowest BCUT2D eigenvalue weighted by Gasteiger charge is -2.00. The van der Waals surface area contributed by atoms with Crippen LogP contribution >= 0.6 is 11.6 Å². The predicted molar refractivity (Wildman–Crippen MR) is 114 cm³/mol. The van der Waals surface area contributed by atoms with Gasteiger partial charge in [-0.05, 0) is 48.5 Å². The molecular weight excluding hydrogens is 388 g/mol. The monoisotopic (exact) mass is 402 g/mol. The summed E-state index contributed by atoms with van der Waals surface area (Å²) >= 11 is 5.93. The highest BCUT2D eigenvalue weighted by Crippen LogP contribution is 2.26. The first-order valence-electron chi connectivity index (χ1n) is 8.80. The Kier molecular flexibility index (Phi) is 5.18. The Morgan fingerprint density at radius 1 is 0.966 bits per heavy atom. The van der Waals surface area contributed by atoms with E-state index in [0.717, 1.165) is 22.5 Å². The van der Waals surface area contributed by atoms with Crippen molar-refractivity contribution in [3.05, 3.63) is 106 Å². The summed E-state index contributed by atoms with van der Waals surface area (Å²) in [5.74, 6) is 0. The Morgan fingerprint density at radius 2 is 1.66 bits per heavy atom. The van der Waals surface area contributed by atoms with Crippen molar-refractivity contribution < 1.29 is 4.92 Å². The van der Waals surface area contributed by atoms with E-state index < -0.39 is 4.92 Å². The van der Waals surface area contributed by atoms with Gasteiger partial charge in [0.2, 0.25) is 0 Å². The second-order valence-corrected chi connectivity index (χ2v) is 6.69. The van der Waals surface area contributed by atoms with Crippen molar-refractivity contribution in [3.8, 4) is 16.9 Å². The lowest BCUT2D eigenvalue weighted by atomic mass is 10.1. The summed E-state index contributed by atoms with van der Waals surface area (Å²) in [5.41, 5.74) is 3.94. The van der Waals surface area contributed by atoms with Crippen LogP contribution in [0.1, 0.15) is 5.56 Å². The van der Waals surface area contributed by atoms with E-state index in [2.05, 4.69) is 10.1 Å². The molecule has 0 atom stereocenters. The minimum absolute atomic E-state index is 0.0348. The fourth-order valence-electron chi connectivity index (χ4n) is 2.83. The molecule has 142 valence electrons. The maximum atomic E-state index is 10.9.